The highest BCUT2D eigenvalue weighted by Gasteiger charge is 2.09. The number of aromatic nitrogens is 2. The Morgan fingerprint density at radius 3 is 2.67 bits per heavy atom. The predicted octanol–water partition coefficient (Wildman–Crippen LogP) is 1.48. The molecule has 1 heterocycles. The van der Waals surface area contributed by atoms with Gasteiger partial charge < -0.3 is 16.0 Å². The molecule has 4 nitrogen and oxygen atoms in total. The van der Waals surface area contributed by atoms with Gasteiger partial charge in [-0.1, -0.05) is 0 Å². The smallest absolute Gasteiger partial charge is 0.127 e. The Labute approximate surface area is 86.3 Å². The normalized spacial score (nSPS) is 10.5. The number of nitrogen functional groups attached to an aromatic ring is 2. The van der Waals surface area contributed by atoms with E-state index in [1.54, 1.807) is 23.9 Å². The second-order valence-electron chi connectivity index (χ2n) is 3.27. The van der Waals surface area contributed by atoms with Crippen molar-refractivity contribution in [2.24, 2.45) is 0 Å². The van der Waals surface area contributed by atoms with Gasteiger partial charge in [-0.2, -0.15) is 0 Å². The summed E-state index contributed by atoms with van der Waals surface area (Å²) in [6.07, 6.45) is 3.33. The van der Waals surface area contributed by atoms with Gasteiger partial charge in [0.15, 0.2) is 0 Å². The number of anilines is 2. The van der Waals surface area contributed by atoms with Crippen molar-refractivity contribution in [1.82, 2.24) is 9.55 Å². The molecule has 0 aliphatic carbocycles. The van der Waals surface area contributed by atoms with Crippen molar-refractivity contribution in [2.45, 2.75) is 6.92 Å². The molecule has 15 heavy (non-hydrogen) atoms. The Balaban J connectivity index is 2.68. The number of halogens is 1. The molecule has 0 aliphatic heterocycles. The fourth-order valence-electron chi connectivity index (χ4n) is 1.46. The van der Waals surface area contributed by atoms with Crippen LogP contribution in [0.1, 0.15) is 5.82 Å². The van der Waals surface area contributed by atoms with Crippen LogP contribution in [0.15, 0.2) is 24.5 Å². The molecule has 0 unspecified atom stereocenters. The number of nitrogens with two attached hydrogens (primary N) is 2. The highest BCUT2D eigenvalue weighted by Crippen LogP contribution is 2.25. The van der Waals surface area contributed by atoms with Gasteiger partial charge in [-0.15, -0.1) is 0 Å². The van der Waals surface area contributed by atoms with E-state index in [4.69, 9.17) is 11.5 Å². The molecule has 0 amide bonds. The molecular weight excluding hydrogens is 195 g/mol. The van der Waals surface area contributed by atoms with Crippen LogP contribution in [-0.4, -0.2) is 9.55 Å². The molecular formula is C10H11FN4. The van der Waals surface area contributed by atoms with Gasteiger partial charge in [-0.25, -0.2) is 9.37 Å². The fourth-order valence-corrected chi connectivity index (χ4v) is 1.46. The third-order valence-corrected chi connectivity index (χ3v) is 2.24. The van der Waals surface area contributed by atoms with Crippen molar-refractivity contribution >= 4 is 11.4 Å². The summed E-state index contributed by atoms with van der Waals surface area (Å²) in [5, 5.41) is 0. The van der Waals surface area contributed by atoms with Crippen LogP contribution in [0.4, 0.5) is 15.8 Å². The summed E-state index contributed by atoms with van der Waals surface area (Å²) in [5.41, 5.74) is 12.5. The van der Waals surface area contributed by atoms with Gasteiger partial charge in [-0.3, -0.25) is 0 Å². The Hall–Kier alpha value is -2.04. The standard InChI is InChI=1S/C10H11FN4/c1-6-14-2-3-15(6)9-5-7(11)4-8(12)10(9)13/h2-5H,12-13H2,1H3. The van der Waals surface area contributed by atoms with Crippen LogP contribution in [-0.2, 0) is 0 Å². The Kier molecular flexibility index (Phi) is 2.07. The molecule has 78 valence electrons. The number of hydrogen-bond acceptors (Lipinski definition) is 3. The topological polar surface area (TPSA) is 69.9 Å². The molecule has 0 fully saturated rings. The zero-order chi connectivity index (χ0) is 11.0. The van der Waals surface area contributed by atoms with E-state index in [9.17, 15) is 4.39 Å². The van der Waals surface area contributed by atoms with Gasteiger partial charge >= 0.3 is 0 Å². The number of nitrogens with zero attached hydrogens (tertiary/aromatic N) is 2. The SMILES string of the molecule is Cc1nccn1-c1cc(F)cc(N)c1N. The van der Waals surface area contributed by atoms with Crippen LogP contribution in [0, 0.1) is 12.7 Å². The van der Waals surface area contributed by atoms with E-state index >= 15 is 0 Å². The summed E-state index contributed by atoms with van der Waals surface area (Å²) >= 11 is 0. The molecule has 2 aromatic rings. The molecule has 0 aliphatic rings. The highest BCUT2D eigenvalue weighted by atomic mass is 19.1. The molecule has 4 N–H and O–H groups in total. The average Bonchev–Trinajstić information content (AvgIpc) is 2.58. The molecule has 0 saturated heterocycles. The van der Waals surface area contributed by atoms with Crippen molar-refractivity contribution in [3.05, 3.63) is 36.2 Å². The Morgan fingerprint density at radius 1 is 1.33 bits per heavy atom. The van der Waals surface area contributed by atoms with Crippen LogP contribution in [0.3, 0.4) is 0 Å². The molecule has 0 radical (unpaired) electrons. The Morgan fingerprint density at radius 2 is 2.07 bits per heavy atom. The quantitative estimate of drug-likeness (QED) is 0.694. The largest absolute Gasteiger partial charge is 0.397 e. The summed E-state index contributed by atoms with van der Waals surface area (Å²) in [5.74, 6) is 0.316. The van der Waals surface area contributed by atoms with E-state index in [-0.39, 0.29) is 5.69 Å². The first kappa shape index (κ1) is 9.51. The lowest BCUT2D eigenvalue weighted by molar-refractivity contribution is 0.627. The number of rotatable bonds is 1. The number of imidazole rings is 1. The van der Waals surface area contributed by atoms with Crippen molar-refractivity contribution in [3.63, 3.8) is 0 Å². The summed E-state index contributed by atoms with van der Waals surface area (Å²) in [4.78, 5) is 4.04. The molecule has 5 heteroatoms. The fraction of sp³-hybridized carbons (Fsp3) is 0.100. The van der Waals surface area contributed by atoms with Crippen LogP contribution in [0.2, 0.25) is 0 Å². The zero-order valence-electron chi connectivity index (χ0n) is 8.24. The van der Waals surface area contributed by atoms with Crippen molar-refractivity contribution in [3.8, 4) is 5.69 Å². The van der Waals surface area contributed by atoms with E-state index in [1.807, 2.05) is 0 Å². The average molecular weight is 206 g/mol. The van der Waals surface area contributed by atoms with Crippen LogP contribution < -0.4 is 11.5 Å². The summed E-state index contributed by atoms with van der Waals surface area (Å²) in [6.45, 7) is 1.81. The van der Waals surface area contributed by atoms with E-state index in [2.05, 4.69) is 4.98 Å². The highest BCUT2D eigenvalue weighted by molar-refractivity contribution is 5.73. The number of benzene rings is 1. The molecule has 2 rings (SSSR count). The van der Waals surface area contributed by atoms with Crippen LogP contribution >= 0.6 is 0 Å². The van der Waals surface area contributed by atoms with Gasteiger partial charge in [0.2, 0.25) is 0 Å². The second kappa shape index (κ2) is 3.27. The lowest BCUT2D eigenvalue weighted by atomic mass is 10.2. The van der Waals surface area contributed by atoms with Gasteiger partial charge in [0.05, 0.1) is 17.1 Å². The van der Waals surface area contributed by atoms with Crippen LogP contribution in [0.25, 0.3) is 5.69 Å². The lowest BCUT2D eigenvalue weighted by Gasteiger charge is -2.10. The molecule has 1 aromatic heterocycles. The minimum Gasteiger partial charge on any atom is -0.397 e. The van der Waals surface area contributed by atoms with Gasteiger partial charge in [0, 0.05) is 18.5 Å². The minimum atomic E-state index is -0.412. The first-order valence-electron chi connectivity index (χ1n) is 4.44. The lowest BCUT2D eigenvalue weighted by Crippen LogP contribution is -2.04. The molecule has 0 atom stereocenters. The van der Waals surface area contributed by atoms with Crippen molar-refractivity contribution in [1.29, 1.82) is 0 Å². The number of hydrogen-bond donors (Lipinski definition) is 2. The third kappa shape index (κ3) is 1.52. The van der Waals surface area contributed by atoms with Gasteiger partial charge in [0.25, 0.3) is 0 Å². The van der Waals surface area contributed by atoms with Gasteiger partial charge in [-0.05, 0) is 13.0 Å². The van der Waals surface area contributed by atoms with Gasteiger partial charge in [0.1, 0.15) is 11.6 Å². The predicted molar refractivity (Wildman–Crippen MR) is 57.1 cm³/mol. The zero-order valence-corrected chi connectivity index (χ0v) is 8.24. The summed E-state index contributed by atoms with van der Waals surface area (Å²) in [6, 6.07) is 2.53. The molecule has 1 aromatic carbocycles. The maximum Gasteiger partial charge on any atom is 0.127 e. The van der Waals surface area contributed by atoms with Crippen LogP contribution in [0.5, 0.6) is 0 Å². The minimum absolute atomic E-state index is 0.234. The molecule has 0 saturated carbocycles. The van der Waals surface area contributed by atoms with Crippen molar-refractivity contribution in [2.75, 3.05) is 11.5 Å². The molecule has 0 spiro atoms. The summed E-state index contributed by atoms with van der Waals surface area (Å²) < 4.78 is 14.9. The first-order valence-corrected chi connectivity index (χ1v) is 4.44. The maximum absolute atomic E-state index is 13.2. The monoisotopic (exact) mass is 206 g/mol. The van der Waals surface area contributed by atoms with E-state index in [0.717, 1.165) is 5.82 Å². The van der Waals surface area contributed by atoms with E-state index in [0.29, 0.717) is 11.4 Å². The number of aryl methyl sites for hydroxylation is 1. The maximum atomic E-state index is 13.2. The molecule has 0 bridgehead atoms. The van der Waals surface area contributed by atoms with E-state index in [1.165, 1.54) is 12.1 Å². The first-order chi connectivity index (χ1) is 7.09. The van der Waals surface area contributed by atoms with Crippen molar-refractivity contribution < 1.29 is 4.39 Å². The van der Waals surface area contributed by atoms with E-state index < -0.39 is 5.82 Å². The summed E-state index contributed by atoms with van der Waals surface area (Å²) in [7, 11) is 0. The third-order valence-electron chi connectivity index (χ3n) is 2.24. The second-order valence-corrected chi connectivity index (χ2v) is 3.27. The Bertz CT molecular complexity index is 504.